The van der Waals surface area contributed by atoms with Gasteiger partial charge in [0, 0.05) is 11.1 Å². The maximum atomic E-state index is 12.8. The molecule has 2 aromatic carbocycles. The van der Waals surface area contributed by atoms with Gasteiger partial charge in [0.05, 0.1) is 0 Å². The van der Waals surface area contributed by atoms with E-state index in [-0.39, 0.29) is 5.82 Å². The average Bonchev–Trinajstić information content (AvgIpc) is 2.90. The Balaban J connectivity index is 1.97. The van der Waals surface area contributed by atoms with E-state index in [9.17, 15) is 4.39 Å². The monoisotopic (exact) mass is 239 g/mol. The molecule has 3 aromatic rings. The summed E-state index contributed by atoms with van der Waals surface area (Å²) in [7, 11) is 0. The molecule has 0 saturated carbocycles. The molecule has 4 heteroatoms. The van der Waals surface area contributed by atoms with Crippen LogP contribution in [0.25, 0.3) is 22.8 Å². The van der Waals surface area contributed by atoms with E-state index in [0.717, 1.165) is 5.56 Å². The summed E-state index contributed by atoms with van der Waals surface area (Å²) in [6.45, 7) is 0. The molecule has 0 fully saturated rings. The number of nitrogens with zero attached hydrogens (tertiary/aromatic N) is 2. The van der Waals surface area contributed by atoms with Gasteiger partial charge in [-0.2, -0.15) is 4.98 Å². The summed E-state index contributed by atoms with van der Waals surface area (Å²) in [6, 6.07) is 16.1. The predicted octanol–water partition coefficient (Wildman–Crippen LogP) is 3.34. The van der Waals surface area contributed by atoms with Gasteiger partial charge >= 0.3 is 0 Å². The molecule has 18 heavy (non-hydrogen) atoms. The van der Waals surface area contributed by atoms with Crippen LogP contribution < -0.4 is 0 Å². The number of hydrogen-bond acceptors (Lipinski definition) is 3. The fourth-order valence-corrected chi connectivity index (χ4v) is 1.59. The highest BCUT2D eigenvalue weighted by atomic mass is 19.1. The van der Waals surface area contributed by atoms with Crippen molar-refractivity contribution in [2.75, 3.05) is 0 Å². The number of aromatic nitrogens is 2. The highest BCUT2D eigenvalue weighted by molar-refractivity contribution is 5.59. The fourth-order valence-electron chi connectivity index (χ4n) is 1.59. The summed E-state index contributed by atoms with van der Waals surface area (Å²) in [5, 5.41) is 3.87. The maximum absolute atomic E-state index is 12.8. The van der Waals surface area contributed by atoms with Crippen molar-refractivity contribution < 1.29 is 8.91 Å². The molecule has 0 spiro atoms. The van der Waals surface area contributed by atoms with Gasteiger partial charge in [-0.3, -0.25) is 0 Å². The summed E-state index contributed by atoms with van der Waals surface area (Å²) < 4.78 is 18.0. The molecule has 3 rings (SSSR count). The topological polar surface area (TPSA) is 38.9 Å². The zero-order chi connectivity index (χ0) is 12.4. The summed E-state index contributed by atoms with van der Waals surface area (Å²) in [5.74, 6) is 0.585. The van der Waals surface area contributed by atoms with Gasteiger partial charge in [0.2, 0.25) is 5.82 Å². The first kappa shape index (κ1) is 10.7. The molecule has 0 saturated heterocycles. The van der Waals surface area contributed by atoms with Gasteiger partial charge in [-0.1, -0.05) is 17.3 Å². The van der Waals surface area contributed by atoms with Crippen molar-refractivity contribution in [1.29, 1.82) is 0 Å². The highest BCUT2D eigenvalue weighted by Crippen LogP contribution is 2.21. The van der Waals surface area contributed by atoms with E-state index in [1.807, 2.05) is 12.1 Å². The van der Waals surface area contributed by atoms with E-state index in [1.54, 1.807) is 24.3 Å². The zero-order valence-electron chi connectivity index (χ0n) is 9.30. The number of hydrogen-bond donors (Lipinski definition) is 0. The molecule has 0 unspecified atom stereocenters. The minimum atomic E-state index is -0.291. The van der Waals surface area contributed by atoms with Crippen molar-refractivity contribution in [3.05, 3.63) is 60.4 Å². The molecule has 87 valence electrons. The fraction of sp³-hybridized carbons (Fsp3) is 0. The molecule has 1 heterocycles. The van der Waals surface area contributed by atoms with Crippen molar-refractivity contribution in [3.8, 4) is 22.8 Å². The van der Waals surface area contributed by atoms with Gasteiger partial charge in [-0.15, -0.1) is 0 Å². The lowest BCUT2D eigenvalue weighted by Crippen LogP contribution is -1.81. The molecule has 1 aromatic heterocycles. The van der Waals surface area contributed by atoms with Crippen LogP contribution in [0, 0.1) is 11.9 Å². The van der Waals surface area contributed by atoms with Gasteiger partial charge in [0.15, 0.2) is 0 Å². The van der Waals surface area contributed by atoms with Crippen LogP contribution in [-0.4, -0.2) is 10.1 Å². The Morgan fingerprint density at radius 1 is 0.944 bits per heavy atom. The van der Waals surface area contributed by atoms with Crippen molar-refractivity contribution in [2.24, 2.45) is 0 Å². The minimum absolute atomic E-state index is 0.291. The van der Waals surface area contributed by atoms with Crippen molar-refractivity contribution in [3.63, 3.8) is 0 Å². The van der Waals surface area contributed by atoms with Gasteiger partial charge in [0.1, 0.15) is 5.82 Å². The second-order valence-corrected chi connectivity index (χ2v) is 3.72. The number of benzene rings is 2. The zero-order valence-corrected chi connectivity index (χ0v) is 9.30. The second-order valence-electron chi connectivity index (χ2n) is 3.72. The Kier molecular flexibility index (Phi) is 2.61. The third kappa shape index (κ3) is 2.00. The number of rotatable bonds is 2. The van der Waals surface area contributed by atoms with Crippen LogP contribution in [0.4, 0.5) is 4.39 Å². The maximum Gasteiger partial charge on any atom is 0.258 e. The second kappa shape index (κ2) is 4.41. The van der Waals surface area contributed by atoms with E-state index in [4.69, 9.17) is 4.52 Å². The molecule has 0 bridgehead atoms. The lowest BCUT2D eigenvalue weighted by Gasteiger charge is -1.93. The summed E-state index contributed by atoms with van der Waals surface area (Å²) in [4.78, 5) is 4.27. The largest absolute Gasteiger partial charge is 0.334 e. The summed E-state index contributed by atoms with van der Waals surface area (Å²) in [6.07, 6.45) is 0. The third-order valence-electron chi connectivity index (χ3n) is 2.49. The van der Waals surface area contributed by atoms with Crippen LogP contribution in [0.5, 0.6) is 0 Å². The molecule has 0 N–H and O–H groups in total. The van der Waals surface area contributed by atoms with Crippen LogP contribution in [0.1, 0.15) is 0 Å². The normalized spacial score (nSPS) is 10.5. The van der Waals surface area contributed by atoms with Crippen LogP contribution in [-0.2, 0) is 0 Å². The smallest absolute Gasteiger partial charge is 0.258 e. The van der Waals surface area contributed by atoms with Crippen LogP contribution in [0.15, 0.2) is 53.1 Å². The van der Waals surface area contributed by atoms with E-state index in [2.05, 4.69) is 16.2 Å². The predicted molar refractivity (Wildman–Crippen MR) is 64.0 cm³/mol. The van der Waals surface area contributed by atoms with E-state index in [1.165, 1.54) is 12.1 Å². The molecule has 3 nitrogen and oxygen atoms in total. The quantitative estimate of drug-likeness (QED) is 0.688. The molecular weight excluding hydrogens is 231 g/mol. The van der Waals surface area contributed by atoms with Gasteiger partial charge in [-0.05, 0) is 42.5 Å². The lowest BCUT2D eigenvalue weighted by molar-refractivity contribution is 0.432. The third-order valence-corrected chi connectivity index (χ3v) is 2.49. The first-order valence-corrected chi connectivity index (χ1v) is 5.39. The Labute approximate surface area is 103 Å². The van der Waals surface area contributed by atoms with Crippen molar-refractivity contribution in [2.45, 2.75) is 0 Å². The summed E-state index contributed by atoms with van der Waals surface area (Å²) >= 11 is 0. The number of halogens is 1. The van der Waals surface area contributed by atoms with E-state index >= 15 is 0 Å². The Morgan fingerprint density at radius 2 is 1.67 bits per heavy atom. The molecular formula is C14H8FN2O. The average molecular weight is 239 g/mol. The molecule has 1 radical (unpaired) electrons. The van der Waals surface area contributed by atoms with Gasteiger partial charge < -0.3 is 4.52 Å². The Hall–Kier alpha value is -2.49. The highest BCUT2D eigenvalue weighted by Gasteiger charge is 2.09. The van der Waals surface area contributed by atoms with Gasteiger partial charge in [0.25, 0.3) is 5.89 Å². The molecule has 0 atom stereocenters. The van der Waals surface area contributed by atoms with Crippen molar-refractivity contribution in [1.82, 2.24) is 10.1 Å². The van der Waals surface area contributed by atoms with Crippen LogP contribution in [0.3, 0.4) is 0 Å². The Morgan fingerprint density at radius 3 is 2.39 bits per heavy atom. The minimum Gasteiger partial charge on any atom is -0.334 e. The molecule has 0 aliphatic carbocycles. The lowest BCUT2D eigenvalue weighted by atomic mass is 10.2. The van der Waals surface area contributed by atoms with E-state index < -0.39 is 0 Å². The first-order valence-electron chi connectivity index (χ1n) is 5.39. The van der Waals surface area contributed by atoms with Gasteiger partial charge in [-0.25, -0.2) is 4.39 Å². The standard InChI is InChI=1S/C14H8FN2O/c15-12-8-6-10(7-9-12)13-16-14(18-17-13)11-4-2-1-3-5-11/h2-9H. The molecule has 0 amide bonds. The van der Waals surface area contributed by atoms with Crippen LogP contribution >= 0.6 is 0 Å². The first-order chi connectivity index (χ1) is 8.83. The summed E-state index contributed by atoms with van der Waals surface area (Å²) in [5.41, 5.74) is 1.54. The molecule has 0 aliphatic heterocycles. The van der Waals surface area contributed by atoms with Crippen LogP contribution in [0.2, 0.25) is 0 Å². The molecule has 0 aliphatic rings. The van der Waals surface area contributed by atoms with Crippen molar-refractivity contribution >= 4 is 0 Å². The van der Waals surface area contributed by atoms with E-state index in [0.29, 0.717) is 17.3 Å². The Bertz CT molecular complexity index is 647. The SMILES string of the molecule is Fc1ccc(-c2noc(-c3cc[c]cc3)n2)cc1.